The van der Waals surface area contributed by atoms with E-state index in [2.05, 4.69) is 10.1 Å². The highest BCUT2D eigenvalue weighted by atomic mass is 32.2. The first-order chi connectivity index (χ1) is 14.8. The lowest BCUT2D eigenvalue weighted by Crippen LogP contribution is -2.26. The molecule has 0 atom stereocenters. The van der Waals surface area contributed by atoms with E-state index in [1.54, 1.807) is 35.7 Å². The molecule has 0 aliphatic carbocycles. The van der Waals surface area contributed by atoms with Crippen molar-refractivity contribution < 1.29 is 17.7 Å². The highest BCUT2D eigenvalue weighted by Gasteiger charge is 2.29. The molecule has 31 heavy (non-hydrogen) atoms. The molecule has 0 N–H and O–H groups in total. The smallest absolute Gasteiger partial charge is 0.269 e. The number of thiophene rings is 1. The van der Waals surface area contributed by atoms with Crippen LogP contribution in [0.15, 0.2) is 63.3 Å². The largest absolute Gasteiger partial charge is 0.497 e. The Kier molecular flexibility index (Phi) is 5.55. The van der Waals surface area contributed by atoms with Gasteiger partial charge in [0.05, 0.1) is 12.8 Å². The number of benzene rings is 2. The van der Waals surface area contributed by atoms with E-state index in [0.717, 1.165) is 11.1 Å². The van der Waals surface area contributed by atoms with Crippen molar-refractivity contribution >= 4 is 27.0 Å². The molecular weight excluding hydrogens is 434 g/mol. The van der Waals surface area contributed by atoms with E-state index >= 15 is 0 Å². The molecule has 0 aliphatic heterocycles. The topological polar surface area (TPSA) is 85.5 Å². The third-order valence-electron chi connectivity index (χ3n) is 5.07. The highest BCUT2D eigenvalue weighted by molar-refractivity contribution is 7.93. The molecule has 0 radical (unpaired) electrons. The van der Waals surface area contributed by atoms with Gasteiger partial charge < -0.3 is 9.26 Å². The summed E-state index contributed by atoms with van der Waals surface area (Å²) in [6.07, 6.45) is 0. The fraction of sp³-hybridized carbons (Fsp3) is 0.182. The van der Waals surface area contributed by atoms with Crippen LogP contribution in [0.2, 0.25) is 0 Å². The van der Waals surface area contributed by atoms with Crippen LogP contribution >= 0.6 is 11.3 Å². The molecule has 0 unspecified atom stereocenters. The van der Waals surface area contributed by atoms with Crippen molar-refractivity contribution in [1.82, 2.24) is 10.1 Å². The first-order valence-electron chi connectivity index (χ1n) is 9.43. The summed E-state index contributed by atoms with van der Waals surface area (Å²) < 4.78 is 38.6. The number of aromatic nitrogens is 2. The van der Waals surface area contributed by atoms with E-state index in [4.69, 9.17) is 9.26 Å². The zero-order valence-electron chi connectivity index (χ0n) is 17.5. The summed E-state index contributed by atoms with van der Waals surface area (Å²) in [5.74, 6) is 1.15. The molecule has 4 aromatic rings. The predicted molar refractivity (Wildman–Crippen MR) is 121 cm³/mol. The van der Waals surface area contributed by atoms with Crippen LogP contribution in [0.3, 0.4) is 0 Å². The summed E-state index contributed by atoms with van der Waals surface area (Å²) in [4.78, 5) is 4.97. The lowest BCUT2D eigenvalue weighted by atomic mass is 10.1. The predicted octanol–water partition coefficient (Wildman–Crippen LogP) is 4.92. The van der Waals surface area contributed by atoms with Gasteiger partial charge in [-0.25, -0.2) is 8.42 Å². The molecule has 7 nitrogen and oxygen atoms in total. The molecule has 4 rings (SSSR count). The Morgan fingerprint density at radius 3 is 2.61 bits per heavy atom. The molecule has 2 aromatic carbocycles. The SMILES string of the molecule is COc1cccc(N(C)S(=O)(=O)c2ccsc2-c2nc(-c3ccc(C)c(C)c3)no2)c1. The Morgan fingerprint density at radius 2 is 1.87 bits per heavy atom. The standard InChI is InChI=1S/C22H21N3O4S2/c1-14-8-9-16(12-15(14)2)21-23-22(29-24-21)20-19(10-11-30-20)31(26,27)25(3)17-6-5-7-18(13-17)28-4/h5-13H,1-4H3. The van der Waals surface area contributed by atoms with Crippen molar-refractivity contribution in [2.75, 3.05) is 18.5 Å². The maximum absolute atomic E-state index is 13.3. The summed E-state index contributed by atoms with van der Waals surface area (Å²) in [6, 6.07) is 14.3. The Bertz CT molecular complexity index is 1340. The molecule has 160 valence electrons. The van der Waals surface area contributed by atoms with Crippen molar-refractivity contribution in [3.8, 4) is 27.9 Å². The fourth-order valence-corrected chi connectivity index (χ4v) is 5.56. The molecular formula is C22H21N3O4S2. The minimum absolute atomic E-state index is 0.109. The Morgan fingerprint density at radius 1 is 1.06 bits per heavy atom. The van der Waals surface area contributed by atoms with Crippen LogP contribution in [0.5, 0.6) is 5.75 Å². The number of rotatable bonds is 6. The van der Waals surface area contributed by atoms with E-state index in [0.29, 0.717) is 22.1 Å². The molecule has 0 spiro atoms. The molecule has 2 heterocycles. The molecule has 0 saturated carbocycles. The number of nitrogens with zero attached hydrogens (tertiary/aromatic N) is 3. The normalized spacial score (nSPS) is 11.5. The van der Waals surface area contributed by atoms with E-state index in [1.165, 1.54) is 35.4 Å². The van der Waals surface area contributed by atoms with Gasteiger partial charge in [-0.15, -0.1) is 11.3 Å². The van der Waals surface area contributed by atoms with Crippen molar-refractivity contribution in [2.24, 2.45) is 0 Å². The van der Waals surface area contributed by atoms with E-state index in [9.17, 15) is 8.42 Å². The molecule has 0 bridgehead atoms. The van der Waals surface area contributed by atoms with Crippen LogP contribution in [-0.2, 0) is 10.0 Å². The summed E-state index contributed by atoms with van der Waals surface area (Å²) >= 11 is 1.24. The zero-order chi connectivity index (χ0) is 22.2. The maximum atomic E-state index is 13.3. The minimum Gasteiger partial charge on any atom is -0.497 e. The van der Waals surface area contributed by atoms with Crippen molar-refractivity contribution in [1.29, 1.82) is 0 Å². The summed E-state index contributed by atoms with van der Waals surface area (Å²) in [7, 11) is -0.825. The first-order valence-corrected chi connectivity index (χ1v) is 11.8. The van der Waals surface area contributed by atoms with Crippen LogP contribution < -0.4 is 9.04 Å². The van der Waals surface area contributed by atoms with E-state index < -0.39 is 10.0 Å². The molecule has 0 saturated heterocycles. The van der Waals surface area contributed by atoms with E-state index in [-0.39, 0.29) is 10.8 Å². The fourth-order valence-electron chi connectivity index (χ4n) is 3.06. The highest BCUT2D eigenvalue weighted by Crippen LogP contribution is 2.36. The number of methoxy groups -OCH3 is 1. The Balaban J connectivity index is 1.70. The van der Waals surface area contributed by atoms with Crippen LogP contribution in [0.1, 0.15) is 11.1 Å². The van der Waals surface area contributed by atoms with Crippen molar-refractivity contribution in [3.63, 3.8) is 0 Å². The molecule has 0 aliphatic rings. The Hall–Kier alpha value is -3.17. The van der Waals surface area contributed by atoms with Gasteiger partial charge in [0.15, 0.2) is 0 Å². The first kappa shape index (κ1) is 21.1. The monoisotopic (exact) mass is 455 g/mol. The van der Waals surface area contributed by atoms with Gasteiger partial charge >= 0.3 is 0 Å². The number of aryl methyl sites for hydroxylation is 2. The van der Waals surface area contributed by atoms with Crippen LogP contribution in [0.4, 0.5) is 5.69 Å². The van der Waals surface area contributed by atoms with E-state index in [1.807, 2.05) is 32.0 Å². The average molecular weight is 456 g/mol. The van der Waals surface area contributed by atoms with Gasteiger partial charge in [0.2, 0.25) is 5.82 Å². The number of anilines is 1. The molecule has 0 amide bonds. The van der Waals surface area contributed by atoms with Gasteiger partial charge in [-0.05, 0) is 54.6 Å². The Labute approximate surface area is 185 Å². The minimum atomic E-state index is -3.86. The zero-order valence-corrected chi connectivity index (χ0v) is 19.1. The number of sulfonamides is 1. The van der Waals surface area contributed by atoms with Crippen molar-refractivity contribution in [2.45, 2.75) is 18.7 Å². The average Bonchev–Trinajstić information content (AvgIpc) is 3.45. The van der Waals surface area contributed by atoms with Crippen molar-refractivity contribution in [3.05, 3.63) is 65.0 Å². The van der Waals surface area contributed by atoms with Gasteiger partial charge in [-0.2, -0.15) is 4.98 Å². The quantitative estimate of drug-likeness (QED) is 0.410. The van der Waals surface area contributed by atoms with Gasteiger partial charge in [0.25, 0.3) is 15.9 Å². The molecule has 2 aromatic heterocycles. The van der Waals surface area contributed by atoms with Gasteiger partial charge in [0.1, 0.15) is 15.5 Å². The van der Waals surface area contributed by atoms with Crippen LogP contribution in [0.25, 0.3) is 22.2 Å². The molecule has 9 heteroatoms. The second-order valence-electron chi connectivity index (χ2n) is 7.01. The summed E-state index contributed by atoms with van der Waals surface area (Å²) in [5, 5.41) is 5.75. The second-order valence-corrected chi connectivity index (χ2v) is 9.86. The second kappa shape index (κ2) is 8.16. The third-order valence-corrected chi connectivity index (χ3v) is 7.93. The van der Waals surface area contributed by atoms with Gasteiger partial charge in [-0.3, -0.25) is 4.31 Å². The molecule has 0 fully saturated rings. The van der Waals surface area contributed by atoms with Crippen LogP contribution in [-0.4, -0.2) is 32.7 Å². The van der Waals surface area contributed by atoms with Crippen LogP contribution in [0, 0.1) is 13.8 Å². The maximum Gasteiger partial charge on any atom is 0.269 e. The third kappa shape index (κ3) is 3.94. The number of ether oxygens (including phenoxy) is 1. The number of hydrogen-bond donors (Lipinski definition) is 0. The summed E-state index contributed by atoms with van der Waals surface area (Å²) in [6.45, 7) is 4.04. The lowest BCUT2D eigenvalue weighted by Gasteiger charge is -2.19. The van der Waals surface area contributed by atoms with Gasteiger partial charge in [-0.1, -0.05) is 23.4 Å². The summed E-state index contributed by atoms with van der Waals surface area (Å²) in [5.41, 5.74) is 3.58. The van der Waals surface area contributed by atoms with Gasteiger partial charge in [0, 0.05) is 18.7 Å². The lowest BCUT2D eigenvalue weighted by molar-refractivity contribution is 0.415. The number of hydrogen-bond acceptors (Lipinski definition) is 7.